The minimum atomic E-state index is -4.62. The number of rotatable bonds is 4. The fourth-order valence-corrected chi connectivity index (χ4v) is 4.73. The molecule has 0 radical (unpaired) electrons. The van der Waals surface area contributed by atoms with Crippen LogP contribution in [0.1, 0.15) is 59.1 Å². The third-order valence-corrected chi connectivity index (χ3v) is 6.47. The molecule has 39 heavy (non-hydrogen) atoms. The van der Waals surface area contributed by atoms with E-state index in [9.17, 15) is 38.0 Å². The molecule has 12 heteroatoms. The molecule has 1 aliphatic rings. The highest BCUT2D eigenvalue weighted by molar-refractivity contribution is 6.10. The fraction of sp³-hybridized carbons (Fsp3) is 0.296. The van der Waals surface area contributed by atoms with Gasteiger partial charge in [0.15, 0.2) is 0 Å². The lowest BCUT2D eigenvalue weighted by Gasteiger charge is -2.27. The molecule has 2 heterocycles. The Labute approximate surface area is 221 Å². The normalized spacial score (nSPS) is 13.3. The Morgan fingerprint density at radius 1 is 1.08 bits per heavy atom. The molecule has 0 unspecified atom stereocenters. The summed E-state index contributed by atoms with van der Waals surface area (Å²) in [4.78, 5) is 42.0. The van der Waals surface area contributed by atoms with E-state index in [4.69, 9.17) is 0 Å². The zero-order chi connectivity index (χ0) is 28.9. The van der Waals surface area contributed by atoms with E-state index in [0.717, 1.165) is 11.0 Å². The van der Waals surface area contributed by atoms with E-state index >= 15 is 0 Å². The van der Waals surface area contributed by atoms with Gasteiger partial charge in [0.2, 0.25) is 0 Å². The quantitative estimate of drug-likeness (QED) is 0.285. The molecule has 0 spiro atoms. The number of carbonyl (C=O) groups is 2. The van der Waals surface area contributed by atoms with Crippen LogP contribution < -0.4 is 5.32 Å². The van der Waals surface area contributed by atoms with Crippen molar-refractivity contribution in [2.45, 2.75) is 52.4 Å². The molecule has 2 aromatic carbocycles. The lowest BCUT2D eigenvalue weighted by molar-refractivity contribution is -0.384. The summed E-state index contributed by atoms with van der Waals surface area (Å²) in [6.07, 6.45) is -5.80. The molecule has 0 saturated carbocycles. The molecule has 0 saturated heterocycles. The first kappa shape index (κ1) is 27.6. The number of hydrogen-bond acceptors (Lipinski definition) is 5. The number of hydrogen-bond donors (Lipinski definition) is 2. The first-order chi connectivity index (χ1) is 18.1. The van der Waals surface area contributed by atoms with Gasteiger partial charge in [0.1, 0.15) is 0 Å². The number of benzene rings is 2. The number of amides is 2. The first-order valence-electron chi connectivity index (χ1n) is 11.9. The number of alkyl halides is 3. The summed E-state index contributed by atoms with van der Waals surface area (Å²) < 4.78 is 40.5. The number of non-ortho nitro benzene ring substituents is 1. The van der Waals surface area contributed by atoms with Gasteiger partial charge in [-0.05, 0) is 53.3 Å². The number of nitro groups is 1. The Bertz CT molecular complexity index is 1500. The maximum absolute atomic E-state index is 13.8. The van der Waals surface area contributed by atoms with Gasteiger partial charge in [-0.1, -0.05) is 26.8 Å². The highest BCUT2D eigenvalue weighted by Gasteiger charge is 2.37. The molecule has 0 aliphatic carbocycles. The third kappa shape index (κ3) is 5.40. The molecule has 2 amide bonds. The van der Waals surface area contributed by atoms with Crippen LogP contribution in [0.5, 0.6) is 0 Å². The summed E-state index contributed by atoms with van der Waals surface area (Å²) in [5, 5.41) is 23.3. The van der Waals surface area contributed by atoms with Gasteiger partial charge in [-0.3, -0.25) is 19.8 Å². The lowest BCUT2D eigenvalue weighted by Crippen LogP contribution is -2.26. The molecule has 1 aliphatic heterocycles. The van der Waals surface area contributed by atoms with Crippen LogP contribution in [-0.2, 0) is 24.7 Å². The van der Waals surface area contributed by atoms with Crippen molar-refractivity contribution >= 4 is 23.4 Å². The summed E-state index contributed by atoms with van der Waals surface area (Å²) >= 11 is 0. The van der Waals surface area contributed by atoms with Crippen molar-refractivity contribution in [3.05, 3.63) is 86.1 Å². The number of aryl methyl sites for hydroxylation is 1. The van der Waals surface area contributed by atoms with E-state index in [-0.39, 0.29) is 41.3 Å². The topological polar surface area (TPSA) is 126 Å². The van der Waals surface area contributed by atoms with Crippen LogP contribution in [0, 0.1) is 17.0 Å². The number of aromatic nitrogens is 1. The van der Waals surface area contributed by atoms with E-state index in [1.165, 1.54) is 43.3 Å². The smallest absolute Gasteiger partial charge is 0.416 e. The standard InChI is InChI=1S/C27H25F3N4O5/c1-14-5-8-16(11-19(14)27(28,29)30)31-24(35)21-22(26(2,3)4)18-12-33(25(36)37)13-20(18)32-23(21)15-6-9-17(10-7-15)34(38)39/h5-11H,12-13H2,1-4H3,(H,31,35)(H,36,37). The molecule has 1 aromatic heterocycles. The van der Waals surface area contributed by atoms with Gasteiger partial charge < -0.3 is 10.4 Å². The van der Waals surface area contributed by atoms with Crippen molar-refractivity contribution in [2.75, 3.05) is 5.32 Å². The molecule has 0 fully saturated rings. The molecule has 2 N–H and O–H groups in total. The number of nitrogens with one attached hydrogen (secondary N) is 1. The Balaban J connectivity index is 1.93. The van der Waals surface area contributed by atoms with E-state index in [0.29, 0.717) is 22.4 Å². The number of nitro benzene ring substituents is 1. The minimum Gasteiger partial charge on any atom is -0.465 e. The average Bonchev–Trinajstić information content (AvgIpc) is 3.27. The maximum atomic E-state index is 13.8. The van der Waals surface area contributed by atoms with E-state index in [1.54, 1.807) is 0 Å². The van der Waals surface area contributed by atoms with Gasteiger partial charge in [-0.25, -0.2) is 9.78 Å². The van der Waals surface area contributed by atoms with Gasteiger partial charge >= 0.3 is 12.3 Å². The van der Waals surface area contributed by atoms with Gasteiger partial charge in [0.05, 0.1) is 40.5 Å². The molecule has 4 rings (SSSR count). The summed E-state index contributed by atoms with van der Waals surface area (Å²) in [5.74, 6) is -0.741. The first-order valence-corrected chi connectivity index (χ1v) is 11.9. The number of halogens is 3. The summed E-state index contributed by atoms with van der Waals surface area (Å²) in [7, 11) is 0. The Kier molecular flexibility index (Phi) is 6.84. The molecule has 0 atom stereocenters. The highest BCUT2D eigenvalue weighted by Crippen LogP contribution is 2.40. The Morgan fingerprint density at radius 3 is 2.26 bits per heavy atom. The zero-order valence-corrected chi connectivity index (χ0v) is 21.5. The molecule has 9 nitrogen and oxygen atoms in total. The van der Waals surface area contributed by atoms with Gasteiger partial charge in [-0.15, -0.1) is 0 Å². The Morgan fingerprint density at radius 2 is 1.72 bits per heavy atom. The van der Waals surface area contributed by atoms with Crippen LogP contribution in [0.15, 0.2) is 42.5 Å². The minimum absolute atomic E-state index is 0.00425. The predicted octanol–water partition coefficient (Wildman–Crippen LogP) is 6.53. The molecule has 204 valence electrons. The van der Waals surface area contributed by atoms with Gasteiger partial charge in [0, 0.05) is 23.4 Å². The second-order valence-corrected chi connectivity index (χ2v) is 10.3. The lowest BCUT2D eigenvalue weighted by atomic mass is 9.79. The molecule has 0 bridgehead atoms. The van der Waals surface area contributed by atoms with Gasteiger partial charge in [0.25, 0.3) is 11.6 Å². The second kappa shape index (κ2) is 9.68. The van der Waals surface area contributed by atoms with E-state index < -0.39 is 34.1 Å². The molecular formula is C27H25F3N4O5. The van der Waals surface area contributed by atoms with Crippen LogP contribution in [0.2, 0.25) is 0 Å². The van der Waals surface area contributed by atoms with Crippen molar-refractivity contribution in [3.8, 4) is 11.3 Å². The number of carbonyl (C=O) groups excluding carboxylic acids is 1. The molecular weight excluding hydrogens is 517 g/mol. The molecule has 3 aromatic rings. The van der Waals surface area contributed by atoms with Gasteiger partial charge in [-0.2, -0.15) is 13.2 Å². The van der Waals surface area contributed by atoms with E-state index in [2.05, 4.69) is 10.3 Å². The third-order valence-electron chi connectivity index (χ3n) is 6.47. The monoisotopic (exact) mass is 542 g/mol. The highest BCUT2D eigenvalue weighted by atomic mass is 19.4. The van der Waals surface area contributed by atoms with Crippen LogP contribution in [0.25, 0.3) is 11.3 Å². The summed E-state index contributed by atoms with van der Waals surface area (Å²) in [6, 6.07) is 8.82. The Hall–Kier alpha value is -4.48. The number of nitrogens with zero attached hydrogens (tertiary/aromatic N) is 3. The SMILES string of the molecule is Cc1ccc(NC(=O)c2c(-c3ccc([N+](=O)[O-])cc3)nc3c(c2C(C)(C)C)CN(C(=O)O)C3)cc1C(F)(F)F. The maximum Gasteiger partial charge on any atom is 0.416 e. The average molecular weight is 543 g/mol. The number of carboxylic acid groups (broad SMARTS) is 1. The number of pyridine rings is 1. The number of fused-ring (bicyclic) bond motifs is 1. The summed E-state index contributed by atoms with van der Waals surface area (Å²) in [6.45, 7) is 6.76. The fourth-order valence-electron chi connectivity index (χ4n) is 4.73. The zero-order valence-electron chi connectivity index (χ0n) is 21.5. The predicted molar refractivity (Wildman–Crippen MR) is 136 cm³/mol. The van der Waals surface area contributed by atoms with Crippen molar-refractivity contribution in [1.29, 1.82) is 0 Å². The van der Waals surface area contributed by atoms with E-state index in [1.807, 2.05) is 20.8 Å². The van der Waals surface area contributed by atoms with Crippen LogP contribution in [0.3, 0.4) is 0 Å². The number of anilines is 1. The van der Waals surface area contributed by atoms with Crippen molar-refractivity contribution in [2.24, 2.45) is 0 Å². The summed E-state index contributed by atoms with van der Waals surface area (Å²) in [5.41, 5.74) is 0.136. The van der Waals surface area contributed by atoms with Crippen molar-refractivity contribution in [1.82, 2.24) is 9.88 Å². The second-order valence-electron chi connectivity index (χ2n) is 10.3. The van der Waals surface area contributed by atoms with Crippen molar-refractivity contribution < 1.29 is 32.8 Å². The van der Waals surface area contributed by atoms with Crippen LogP contribution >= 0.6 is 0 Å². The van der Waals surface area contributed by atoms with Crippen LogP contribution in [-0.4, -0.2) is 31.9 Å². The largest absolute Gasteiger partial charge is 0.465 e. The van der Waals surface area contributed by atoms with Crippen LogP contribution in [0.4, 0.5) is 29.3 Å². The van der Waals surface area contributed by atoms with Crippen molar-refractivity contribution in [3.63, 3.8) is 0 Å².